The van der Waals surface area contributed by atoms with Gasteiger partial charge in [0.25, 0.3) is 0 Å². The van der Waals surface area contributed by atoms with Gasteiger partial charge in [-0.05, 0) is 17.7 Å². The van der Waals surface area contributed by atoms with Crippen LogP contribution in [0.2, 0.25) is 0 Å². The monoisotopic (exact) mass is 285 g/mol. The molecule has 1 N–H and O–H groups in total. The number of carbonyl (C=O) groups excluding carboxylic acids is 1. The number of hydrogen-bond donors (Lipinski definition) is 1. The fourth-order valence-corrected chi connectivity index (χ4v) is 3.45. The molecule has 3 rings (SSSR count). The number of cyclic esters (lactones) is 1. The van der Waals surface area contributed by atoms with Crippen LogP contribution in [-0.4, -0.2) is 18.7 Å². The van der Waals surface area contributed by atoms with Crippen molar-refractivity contribution in [3.63, 3.8) is 0 Å². The van der Waals surface area contributed by atoms with E-state index < -0.39 is 0 Å². The van der Waals surface area contributed by atoms with E-state index in [4.69, 9.17) is 4.74 Å². The van der Waals surface area contributed by atoms with Crippen molar-refractivity contribution in [3.8, 4) is 0 Å². The second-order valence-corrected chi connectivity index (χ2v) is 5.83. The Balaban J connectivity index is 1.86. The first kappa shape index (κ1) is 13.1. The highest BCUT2D eigenvalue weighted by Gasteiger charge is 2.31. The molecule has 0 saturated carbocycles. The Morgan fingerprint density at radius 1 is 1.05 bits per heavy atom. The van der Waals surface area contributed by atoms with E-state index in [1.54, 1.807) is 11.8 Å². The van der Waals surface area contributed by atoms with Gasteiger partial charge in [-0.1, -0.05) is 48.5 Å². The van der Waals surface area contributed by atoms with E-state index in [-0.39, 0.29) is 17.4 Å². The normalized spacial score (nSPS) is 19.2. The summed E-state index contributed by atoms with van der Waals surface area (Å²) in [5, 5.41) is 3.03. The van der Waals surface area contributed by atoms with Crippen LogP contribution in [0.3, 0.4) is 0 Å². The average Bonchev–Trinajstić information content (AvgIpc) is 2.93. The van der Waals surface area contributed by atoms with E-state index in [0.717, 1.165) is 0 Å². The summed E-state index contributed by atoms with van der Waals surface area (Å²) in [6, 6.07) is 20.4. The van der Waals surface area contributed by atoms with Gasteiger partial charge in [-0.2, -0.15) is 0 Å². The van der Waals surface area contributed by atoms with Crippen molar-refractivity contribution in [2.24, 2.45) is 0 Å². The van der Waals surface area contributed by atoms with Crippen molar-refractivity contribution < 1.29 is 9.53 Å². The lowest BCUT2D eigenvalue weighted by Crippen LogP contribution is -2.31. The molecule has 0 radical (unpaired) electrons. The van der Waals surface area contributed by atoms with E-state index >= 15 is 0 Å². The highest BCUT2D eigenvalue weighted by molar-refractivity contribution is 7.99. The van der Waals surface area contributed by atoms with Gasteiger partial charge >= 0.3 is 6.09 Å². The number of thioether (sulfide) groups is 1. The molecule has 1 fully saturated rings. The summed E-state index contributed by atoms with van der Waals surface area (Å²) in [6.45, 7) is 0.415. The molecule has 0 bridgehead atoms. The second-order valence-electron chi connectivity index (χ2n) is 4.61. The van der Waals surface area contributed by atoms with Crippen molar-refractivity contribution in [2.45, 2.75) is 16.2 Å². The Labute approximate surface area is 122 Å². The molecule has 2 aromatic carbocycles. The summed E-state index contributed by atoms with van der Waals surface area (Å²) in [4.78, 5) is 12.5. The van der Waals surface area contributed by atoms with Gasteiger partial charge in [-0.25, -0.2) is 4.79 Å². The van der Waals surface area contributed by atoms with E-state index in [1.807, 2.05) is 36.4 Å². The number of benzene rings is 2. The fraction of sp³-hybridized carbons (Fsp3) is 0.188. The van der Waals surface area contributed by atoms with E-state index in [2.05, 4.69) is 29.6 Å². The van der Waals surface area contributed by atoms with Crippen molar-refractivity contribution in [2.75, 3.05) is 6.61 Å². The molecule has 20 heavy (non-hydrogen) atoms. The third-order valence-corrected chi connectivity index (χ3v) is 4.60. The molecule has 0 aliphatic carbocycles. The number of alkyl carbamates (subject to hydrolysis) is 1. The molecule has 1 aliphatic rings. The minimum Gasteiger partial charge on any atom is -0.447 e. The summed E-state index contributed by atoms with van der Waals surface area (Å²) in [7, 11) is 0. The molecular weight excluding hydrogens is 270 g/mol. The van der Waals surface area contributed by atoms with Crippen molar-refractivity contribution in [3.05, 3.63) is 66.2 Å². The number of rotatable bonds is 4. The molecule has 102 valence electrons. The lowest BCUT2D eigenvalue weighted by atomic mass is 10.1. The van der Waals surface area contributed by atoms with E-state index in [0.29, 0.717) is 6.61 Å². The zero-order valence-corrected chi connectivity index (χ0v) is 11.7. The Morgan fingerprint density at radius 3 is 2.30 bits per heavy atom. The van der Waals surface area contributed by atoms with Gasteiger partial charge < -0.3 is 10.1 Å². The molecule has 2 aromatic rings. The highest BCUT2D eigenvalue weighted by atomic mass is 32.2. The van der Waals surface area contributed by atoms with Gasteiger partial charge in [-0.3, -0.25) is 0 Å². The van der Waals surface area contributed by atoms with Gasteiger partial charge in [0.1, 0.15) is 6.61 Å². The number of ether oxygens (including phenoxy) is 1. The first-order valence-electron chi connectivity index (χ1n) is 6.53. The Morgan fingerprint density at radius 2 is 1.70 bits per heavy atom. The number of carbonyl (C=O) groups is 1. The number of hydrogen-bond acceptors (Lipinski definition) is 3. The zero-order chi connectivity index (χ0) is 13.8. The molecule has 2 atom stereocenters. The standard InChI is InChI=1S/C16H15NO2S/c18-16-17-14(11-19-16)15(12-7-3-1-4-8-12)20-13-9-5-2-6-10-13/h1-10,14-15H,11H2,(H,17,18)/t14-,15-/m0/s1. The summed E-state index contributed by atoms with van der Waals surface area (Å²) < 4.78 is 5.04. The van der Waals surface area contributed by atoms with Crippen LogP contribution in [0.4, 0.5) is 4.79 Å². The molecule has 1 aliphatic heterocycles. The Kier molecular flexibility index (Phi) is 3.92. The maximum Gasteiger partial charge on any atom is 0.407 e. The SMILES string of the molecule is O=C1N[C@H]([C@@H](Sc2ccccc2)c2ccccc2)CO1. The highest BCUT2D eigenvalue weighted by Crippen LogP contribution is 2.38. The zero-order valence-electron chi connectivity index (χ0n) is 10.9. The van der Waals surface area contributed by atoms with Crippen molar-refractivity contribution in [1.82, 2.24) is 5.32 Å². The summed E-state index contributed by atoms with van der Waals surface area (Å²) >= 11 is 1.75. The number of nitrogens with one attached hydrogen (secondary N) is 1. The quantitative estimate of drug-likeness (QED) is 0.872. The molecule has 1 amide bonds. The second kappa shape index (κ2) is 6.01. The Bertz CT molecular complexity index is 574. The first-order chi connectivity index (χ1) is 9.83. The lowest BCUT2D eigenvalue weighted by Gasteiger charge is -2.21. The molecule has 4 heteroatoms. The molecule has 0 spiro atoms. The third-order valence-electron chi connectivity index (χ3n) is 3.20. The fourth-order valence-electron chi connectivity index (χ4n) is 2.23. The molecule has 0 aromatic heterocycles. The first-order valence-corrected chi connectivity index (χ1v) is 7.41. The topological polar surface area (TPSA) is 38.3 Å². The molecule has 0 unspecified atom stereocenters. The lowest BCUT2D eigenvalue weighted by molar-refractivity contribution is 0.176. The smallest absolute Gasteiger partial charge is 0.407 e. The van der Waals surface area contributed by atoms with Gasteiger partial charge in [0, 0.05) is 4.90 Å². The maximum absolute atomic E-state index is 11.3. The van der Waals surface area contributed by atoms with Crippen LogP contribution < -0.4 is 5.32 Å². The molecule has 1 saturated heterocycles. The maximum atomic E-state index is 11.3. The van der Waals surface area contributed by atoms with Crippen LogP contribution in [0, 0.1) is 0 Å². The van der Waals surface area contributed by atoms with E-state index in [1.165, 1.54) is 10.5 Å². The van der Waals surface area contributed by atoms with Gasteiger partial charge in [0.2, 0.25) is 0 Å². The summed E-state index contributed by atoms with van der Waals surface area (Å²) in [5.41, 5.74) is 1.19. The van der Waals surface area contributed by atoms with Crippen LogP contribution >= 0.6 is 11.8 Å². The van der Waals surface area contributed by atoms with E-state index in [9.17, 15) is 4.79 Å². The van der Waals surface area contributed by atoms with Crippen molar-refractivity contribution >= 4 is 17.9 Å². The predicted molar refractivity (Wildman–Crippen MR) is 79.8 cm³/mol. The number of amides is 1. The summed E-state index contributed by atoms with van der Waals surface area (Å²) in [5.74, 6) is 0. The van der Waals surface area contributed by atoms with Crippen LogP contribution in [0.5, 0.6) is 0 Å². The predicted octanol–water partition coefficient (Wildman–Crippen LogP) is 3.63. The van der Waals surface area contributed by atoms with Crippen LogP contribution in [0.15, 0.2) is 65.6 Å². The largest absolute Gasteiger partial charge is 0.447 e. The minimum atomic E-state index is -0.329. The molecule has 3 nitrogen and oxygen atoms in total. The average molecular weight is 285 g/mol. The molecular formula is C16H15NO2S. The van der Waals surface area contributed by atoms with Gasteiger partial charge in [-0.15, -0.1) is 11.8 Å². The molecule has 1 heterocycles. The van der Waals surface area contributed by atoms with Crippen LogP contribution in [0.1, 0.15) is 10.8 Å². The summed E-state index contributed by atoms with van der Waals surface area (Å²) in [6.07, 6.45) is -0.329. The third kappa shape index (κ3) is 2.96. The van der Waals surface area contributed by atoms with Crippen LogP contribution in [-0.2, 0) is 4.74 Å². The minimum absolute atomic E-state index is 0.00453. The Hall–Kier alpha value is -1.94. The van der Waals surface area contributed by atoms with Gasteiger partial charge in [0.05, 0.1) is 11.3 Å². The van der Waals surface area contributed by atoms with Gasteiger partial charge in [0.15, 0.2) is 0 Å². The van der Waals surface area contributed by atoms with Crippen LogP contribution in [0.25, 0.3) is 0 Å². The van der Waals surface area contributed by atoms with Crippen molar-refractivity contribution in [1.29, 1.82) is 0 Å².